The standard InChI is InChI=1S/C23H32N2O4/c1-27-22(28-2)16-25(15-9-14-19-10-5-3-6-11-19)23(26)21(24)18-29-17-20-12-7-4-8-13-20/h3-8,10-13,21-22H,9,14-18,24H2,1-2H3/t21-/m0/s1. The maximum Gasteiger partial charge on any atom is 0.242 e. The Balaban J connectivity index is 1.87. The molecule has 0 aliphatic heterocycles. The van der Waals surface area contributed by atoms with E-state index in [1.165, 1.54) is 5.56 Å². The first-order valence-corrected chi connectivity index (χ1v) is 9.89. The van der Waals surface area contributed by atoms with Crippen molar-refractivity contribution in [1.82, 2.24) is 4.90 Å². The van der Waals surface area contributed by atoms with Crippen molar-refractivity contribution in [2.45, 2.75) is 31.8 Å². The fraction of sp³-hybridized carbons (Fsp3) is 0.435. The molecule has 2 aromatic carbocycles. The van der Waals surface area contributed by atoms with E-state index in [0.717, 1.165) is 18.4 Å². The fourth-order valence-electron chi connectivity index (χ4n) is 3.02. The van der Waals surface area contributed by atoms with Crippen molar-refractivity contribution >= 4 is 5.91 Å². The second-order valence-corrected chi connectivity index (χ2v) is 6.88. The lowest BCUT2D eigenvalue weighted by atomic mass is 10.1. The third kappa shape index (κ3) is 8.33. The monoisotopic (exact) mass is 400 g/mol. The van der Waals surface area contributed by atoms with Gasteiger partial charge in [-0.25, -0.2) is 0 Å². The number of carbonyl (C=O) groups excluding carboxylic acids is 1. The van der Waals surface area contributed by atoms with Gasteiger partial charge in [0.15, 0.2) is 6.29 Å². The van der Waals surface area contributed by atoms with Gasteiger partial charge in [0.2, 0.25) is 5.91 Å². The van der Waals surface area contributed by atoms with Crippen LogP contribution in [0, 0.1) is 0 Å². The molecule has 0 saturated carbocycles. The number of nitrogens with two attached hydrogens (primary N) is 1. The van der Waals surface area contributed by atoms with E-state index < -0.39 is 12.3 Å². The number of rotatable bonds is 13. The van der Waals surface area contributed by atoms with Crippen molar-refractivity contribution in [1.29, 1.82) is 0 Å². The molecule has 1 amide bonds. The Hall–Kier alpha value is -2.25. The lowest BCUT2D eigenvalue weighted by Gasteiger charge is -2.28. The second kappa shape index (κ2) is 13.1. The molecule has 29 heavy (non-hydrogen) atoms. The van der Waals surface area contributed by atoms with Crippen LogP contribution in [-0.4, -0.2) is 57.1 Å². The van der Waals surface area contributed by atoms with E-state index in [0.29, 0.717) is 19.7 Å². The van der Waals surface area contributed by atoms with E-state index in [1.54, 1.807) is 19.1 Å². The van der Waals surface area contributed by atoms with Crippen LogP contribution in [0.3, 0.4) is 0 Å². The maximum absolute atomic E-state index is 12.9. The van der Waals surface area contributed by atoms with Gasteiger partial charge in [-0.05, 0) is 24.0 Å². The molecule has 0 fully saturated rings. The molecule has 2 N–H and O–H groups in total. The summed E-state index contributed by atoms with van der Waals surface area (Å²) in [5.41, 5.74) is 8.41. The Morgan fingerprint density at radius 2 is 1.55 bits per heavy atom. The Morgan fingerprint density at radius 3 is 2.14 bits per heavy atom. The number of methoxy groups -OCH3 is 2. The Labute approximate surface area is 173 Å². The summed E-state index contributed by atoms with van der Waals surface area (Å²) in [5.74, 6) is -0.162. The first-order valence-electron chi connectivity index (χ1n) is 9.89. The van der Waals surface area contributed by atoms with Gasteiger partial charge in [-0.15, -0.1) is 0 Å². The lowest BCUT2D eigenvalue weighted by Crippen LogP contribution is -2.49. The number of benzene rings is 2. The molecular weight excluding hydrogens is 368 g/mol. The van der Waals surface area contributed by atoms with Crippen molar-refractivity contribution in [3.63, 3.8) is 0 Å². The normalized spacial score (nSPS) is 12.1. The highest BCUT2D eigenvalue weighted by Crippen LogP contribution is 2.08. The molecule has 6 nitrogen and oxygen atoms in total. The molecule has 0 aliphatic rings. The van der Waals surface area contributed by atoms with Crippen LogP contribution in [0.15, 0.2) is 60.7 Å². The number of hydrogen-bond donors (Lipinski definition) is 1. The van der Waals surface area contributed by atoms with Crippen molar-refractivity contribution in [3.05, 3.63) is 71.8 Å². The van der Waals surface area contributed by atoms with Crippen molar-refractivity contribution < 1.29 is 19.0 Å². The van der Waals surface area contributed by atoms with Crippen LogP contribution in [0.4, 0.5) is 0 Å². The predicted octanol–water partition coefficient (Wildman–Crippen LogP) is 2.61. The largest absolute Gasteiger partial charge is 0.375 e. The molecule has 158 valence electrons. The molecule has 6 heteroatoms. The van der Waals surface area contributed by atoms with Crippen molar-refractivity contribution in [3.8, 4) is 0 Å². The quantitative estimate of drug-likeness (QED) is 0.523. The minimum absolute atomic E-state index is 0.160. The molecular formula is C23H32N2O4. The molecule has 0 aliphatic carbocycles. The zero-order chi connectivity index (χ0) is 20.9. The van der Waals surface area contributed by atoms with E-state index in [4.69, 9.17) is 19.9 Å². The van der Waals surface area contributed by atoms with E-state index in [-0.39, 0.29) is 12.5 Å². The van der Waals surface area contributed by atoms with Crippen LogP contribution >= 0.6 is 0 Å². The smallest absolute Gasteiger partial charge is 0.242 e. The number of ether oxygens (including phenoxy) is 3. The molecule has 1 atom stereocenters. The van der Waals surface area contributed by atoms with E-state index in [2.05, 4.69) is 12.1 Å². The molecule has 0 aromatic heterocycles. The summed E-state index contributed by atoms with van der Waals surface area (Å²) in [6.45, 7) is 1.48. The van der Waals surface area contributed by atoms with E-state index in [1.807, 2.05) is 48.5 Å². The number of nitrogens with zero attached hydrogens (tertiary/aromatic N) is 1. The van der Waals surface area contributed by atoms with Gasteiger partial charge < -0.3 is 24.8 Å². The molecule has 0 radical (unpaired) electrons. The summed E-state index contributed by atoms with van der Waals surface area (Å²) >= 11 is 0. The van der Waals surface area contributed by atoms with Gasteiger partial charge in [-0.3, -0.25) is 4.79 Å². The van der Waals surface area contributed by atoms with Crippen LogP contribution in [0.2, 0.25) is 0 Å². The van der Waals surface area contributed by atoms with Crippen LogP contribution < -0.4 is 5.73 Å². The maximum atomic E-state index is 12.9. The Kier molecular flexibility index (Phi) is 10.4. The van der Waals surface area contributed by atoms with Gasteiger partial charge in [0.25, 0.3) is 0 Å². The van der Waals surface area contributed by atoms with Crippen molar-refractivity contribution in [2.24, 2.45) is 5.73 Å². The second-order valence-electron chi connectivity index (χ2n) is 6.88. The minimum atomic E-state index is -0.732. The average molecular weight is 401 g/mol. The van der Waals surface area contributed by atoms with Gasteiger partial charge in [-0.1, -0.05) is 60.7 Å². The highest BCUT2D eigenvalue weighted by molar-refractivity contribution is 5.81. The van der Waals surface area contributed by atoms with Gasteiger partial charge in [-0.2, -0.15) is 0 Å². The summed E-state index contributed by atoms with van der Waals surface area (Å²) in [6.07, 6.45) is 1.22. The van der Waals surface area contributed by atoms with Crippen LogP contribution in [-0.2, 0) is 32.0 Å². The molecule has 0 bridgehead atoms. The summed E-state index contributed by atoms with van der Waals surface area (Å²) in [6, 6.07) is 19.3. The highest BCUT2D eigenvalue weighted by Gasteiger charge is 2.24. The SMILES string of the molecule is COC(CN(CCCc1ccccc1)C(=O)[C@@H](N)COCc1ccccc1)OC. The summed E-state index contributed by atoms with van der Waals surface area (Å²) in [7, 11) is 3.12. The topological polar surface area (TPSA) is 74.0 Å². The van der Waals surface area contributed by atoms with E-state index >= 15 is 0 Å². The Bertz CT molecular complexity index is 693. The van der Waals surface area contributed by atoms with Gasteiger partial charge in [0, 0.05) is 20.8 Å². The third-order valence-electron chi connectivity index (χ3n) is 4.67. The summed E-state index contributed by atoms with van der Waals surface area (Å²) in [5, 5.41) is 0. The zero-order valence-electron chi connectivity index (χ0n) is 17.3. The fourth-order valence-corrected chi connectivity index (χ4v) is 3.02. The first kappa shape index (κ1) is 23.0. The lowest BCUT2D eigenvalue weighted by molar-refractivity contribution is -0.147. The van der Waals surface area contributed by atoms with Gasteiger partial charge >= 0.3 is 0 Å². The van der Waals surface area contributed by atoms with Crippen molar-refractivity contribution in [2.75, 3.05) is 33.9 Å². The number of amides is 1. The summed E-state index contributed by atoms with van der Waals surface area (Å²) < 4.78 is 16.2. The van der Waals surface area contributed by atoms with Gasteiger partial charge in [0.1, 0.15) is 6.04 Å². The Morgan fingerprint density at radius 1 is 0.966 bits per heavy atom. The van der Waals surface area contributed by atoms with Crippen LogP contribution in [0.1, 0.15) is 17.5 Å². The average Bonchev–Trinajstić information content (AvgIpc) is 2.77. The molecule has 0 spiro atoms. The van der Waals surface area contributed by atoms with Crippen LogP contribution in [0.25, 0.3) is 0 Å². The highest BCUT2D eigenvalue weighted by atomic mass is 16.7. The molecule has 0 saturated heterocycles. The minimum Gasteiger partial charge on any atom is -0.375 e. The predicted molar refractivity (Wildman–Crippen MR) is 113 cm³/mol. The molecule has 0 unspecified atom stereocenters. The molecule has 2 aromatic rings. The summed E-state index contributed by atoms with van der Waals surface area (Å²) in [4.78, 5) is 14.6. The number of carbonyl (C=O) groups is 1. The van der Waals surface area contributed by atoms with Crippen LogP contribution in [0.5, 0.6) is 0 Å². The third-order valence-corrected chi connectivity index (χ3v) is 4.67. The number of hydrogen-bond acceptors (Lipinski definition) is 5. The molecule has 2 rings (SSSR count). The zero-order valence-corrected chi connectivity index (χ0v) is 17.3. The molecule has 0 heterocycles. The first-order chi connectivity index (χ1) is 14.1. The van der Waals surface area contributed by atoms with E-state index in [9.17, 15) is 4.79 Å². The number of aryl methyl sites for hydroxylation is 1. The van der Waals surface area contributed by atoms with Gasteiger partial charge in [0.05, 0.1) is 19.8 Å².